The van der Waals surface area contributed by atoms with Crippen LogP contribution in [0.25, 0.3) is 16.6 Å². The van der Waals surface area contributed by atoms with Crippen LogP contribution in [0.3, 0.4) is 0 Å². The first-order chi connectivity index (χ1) is 7.27. The summed E-state index contributed by atoms with van der Waals surface area (Å²) in [6, 6.07) is 5.81. The fourth-order valence-corrected chi connectivity index (χ4v) is 2.38. The predicted octanol–water partition coefficient (Wildman–Crippen LogP) is 3.30. The largest absolute Gasteiger partial charge is 0.274 e. The molecule has 0 bridgehead atoms. The topological polar surface area (TPSA) is 30.2 Å². The van der Waals surface area contributed by atoms with Crippen molar-refractivity contribution in [2.24, 2.45) is 0 Å². The predicted molar refractivity (Wildman–Crippen MR) is 63.2 cm³/mol. The number of benzene rings is 1. The minimum absolute atomic E-state index is 0.424. The molecule has 0 spiro atoms. The molecule has 2 aromatic heterocycles. The zero-order valence-corrected chi connectivity index (χ0v) is 9.83. The van der Waals surface area contributed by atoms with Gasteiger partial charge in [0.1, 0.15) is 5.65 Å². The zero-order chi connectivity index (χ0) is 10.4. The number of imidazole rings is 1. The van der Waals surface area contributed by atoms with E-state index in [1.54, 1.807) is 16.8 Å². The van der Waals surface area contributed by atoms with Gasteiger partial charge in [0.05, 0.1) is 10.9 Å². The third-order valence-corrected chi connectivity index (χ3v) is 3.19. The fraction of sp³-hybridized carbons (Fsp3) is 0. The molecule has 0 unspecified atom stereocenters. The van der Waals surface area contributed by atoms with Crippen molar-refractivity contribution in [3.63, 3.8) is 0 Å². The van der Waals surface area contributed by atoms with Gasteiger partial charge in [-0.3, -0.25) is 4.40 Å². The van der Waals surface area contributed by atoms with E-state index in [0.29, 0.717) is 5.28 Å². The Morgan fingerprint density at radius 3 is 3.07 bits per heavy atom. The number of fused-ring (bicyclic) bond motifs is 3. The van der Waals surface area contributed by atoms with Crippen LogP contribution in [-0.4, -0.2) is 14.4 Å². The van der Waals surface area contributed by atoms with Crippen LogP contribution < -0.4 is 0 Å². The van der Waals surface area contributed by atoms with Gasteiger partial charge in [-0.2, -0.15) is 0 Å². The Kier molecular flexibility index (Phi) is 1.94. The Morgan fingerprint density at radius 1 is 1.33 bits per heavy atom. The Labute approximate surface area is 98.8 Å². The molecule has 0 fully saturated rings. The van der Waals surface area contributed by atoms with Gasteiger partial charge in [-0.05, 0) is 39.7 Å². The highest BCUT2D eigenvalue weighted by atomic mass is 79.9. The molecule has 0 aliphatic rings. The van der Waals surface area contributed by atoms with Crippen LogP contribution in [0.2, 0.25) is 5.28 Å². The number of halogens is 2. The van der Waals surface area contributed by atoms with Crippen molar-refractivity contribution in [2.45, 2.75) is 0 Å². The highest BCUT2D eigenvalue weighted by molar-refractivity contribution is 9.10. The Morgan fingerprint density at radius 2 is 2.20 bits per heavy atom. The number of aromatic nitrogens is 3. The van der Waals surface area contributed by atoms with E-state index in [0.717, 1.165) is 21.0 Å². The minimum Gasteiger partial charge on any atom is -0.274 e. The van der Waals surface area contributed by atoms with Crippen molar-refractivity contribution in [1.29, 1.82) is 0 Å². The second kappa shape index (κ2) is 3.18. The van der Waals surface area contributed by atoms with E-state index in [-0.39, 0.29) is 0 Å². The minimum atomic E-state index is 0.424. The molecule has 0 aliphatic heterocycles. The summed E-state index contributed by atoms with van der Waals surface area (Å²) in [5, 5.41) is 1.40. The van der Waals surface area contributed by atoms with Gasteiger partial charge in [0.15, 0.2) is 0 Å². The summed E-state index contributed by atoms with van der Waals surface area (Å²) in [5.74, 6) is 0. The molecule has 0 N–H and O–H groups in total. The third-order valence-electron chi connectivity index (χ3n) is 2.27. The number of hydrogen-bond acceptors (Lipinski definition) is 2. The molecule has 3 nitrogen and oxygen atoms in total. The first kappa shape index (κ1) is 9.12. The van der Waals surface area contributed by atoms with Crippen LogP contribution in [0, 0.1) is 0 Å². The van der Waals surface area contributed by atoms with E-state index < -0.39 is 0 Å². The van der Waals surface area contributed by atoms with Crippen molar-refractivity contribution in [3.8, 4) is 0 Å². The summed E-state index contributed by atoms with van der Waals surface area (Å²) in [4.78, 5) is 8.57. The lowest BCUT2D eigenvalue weighted by atomic mass is 10.2. The van der Waals surface area contributed by atoms with Gasteiger partial charge in [0.25, 0.3) is 0 Å². The summed E-state index contributed by atoms with van der Waals surface area (Å²) < 4.78 is 2.73. The van der Waals surface area contributed by atoms with Crippen LogP contribution in [0.15, 0.2) is 35.1 Å². The fourth-order valence-electron chi connectivity index (χ4n) is 1.62. The molecule has 1 aromatic carbocycles. The van der Waals surface area contributed by atoms with Gasteiger partial charge in [-0.25, -0.2) is 9.97 Å². The van der Waals surface area contributed by atoms with Gasteiger partial charge in [0.2, 0.25) is 5.28 Å². The maximum atomic E-state index is 6.03. The third kappa shape index (κ3) is 1.25. The van der Waals surface area contributed by atoms with Crippen molar-refractivity contribution in [1.82, 2.24) is 14.4 Å². The first-order valence-electron chi connectivity index (χ1n) is 4.34. The molecule has 0 radical (unpaired) electrons. The molecule has 3 aromatic rings. The standard InChI is InChI=1S/C10H5BrClN3/c11-6-2-1-3-7-8(6)9-13-4-5-15(9)10(12)14-7/h1-5H. The lowest BCUT2D eigenvalue weighted by Crippen LogP contribution is -1.92. The summed E-state index contributed by atoms with van der Waals surface area (Å²) in [6.07, 6.45) is 3.51. The van der Waals surface area contributed by atoms with Crippen molar-refractivity contribution < 1.29 is 0 Å². The van der Waals surface area contributed by atoms with E-state index in [1.807, 2.05) is 18.2 Å². The van der Waals surface area contributed by atoms with E-state index >= 15 is 0 Å². The second-order valence-corrected chi connectivity index (χ2v) is 4.33. The van der Waals surface area contributed by atoms with Gasteiger partial charge in [0, 0.05) is 16.9 Å². The molecule has 15 heavy (non-hydrogen) atoms. The molecule has 0 saturated carbocycles. The molecule has 0 atom stereocenters. The molecule has 3 rings (SSSR count). The molecular formula is C10H5BrClN3. The van der Waals surface area contributed by atoms with Crippen LogP contribution in [0.1, 0.15) is 0 Å². The monoisotopic (exact) mass is 281 g/mol. The Hall–Kier alpha value is -1.13. The Balaban J connectivity index is 2.68. The maximum Gasteiger partial charge on any atom is 0.209 e. The average molecular weight is 283 g/mol. The summed E-state index contributed by atoms with van der Waals surface area (Å²) in [7, 11) is 0. The molecule has 0 saturated heterocycles. The normalized spacial score (nSPS) is 11.3. The van der Waals surface area contributed by atoms with Crippen molar-refractivity contribution in [2.75, 3.05) is 0 Å². The number of hydrogen-bond donors (Lipinski definition) is 0. The van der Waals surface area contributed by atoms with Gasteiger partial charge in [-0.15, -0.1) is 0 Å². The van der Waals surface area contributed by atoms with E-state index in [4.69, 9.17) is 11.6 Å². The first-order valence-corrected chi connectivity index (χ1v) is 5.51. The quantitative estimate of drug-likeness (QED) is 0.592. The van der Waals surface area contributed by atoms with Gasteiger partial charge < -0.3 is 0 Å². The highest BCUT2D eigenvalue weighted by Crippen LogP contribution is 2.27. The highest BCUT2D eigenvalue weighted by Gasteiger charge is 2.09. The molecule has 0 amide bonds. The number of rotatable bonds is 0. The lowest BCUT2D eigenvalue weighted by molar-refractivity contribution is 1.12. The summed E-state index contributed by atoms with van der Waals surface area (Å²) >= 11 is 9.52. The van der Waals surface area contributed by atoms with E-state index in [9.17, 15) is 0 Å². The molecule has 74 valence electrons. The summed E-state index contributed by atoms with van der Waals surface area (Å²) in [5.41, 5.74) is 1.66. The van der Waals surface area contributed by atoms with Crippen LogP contribution >= 0.6 is 27.5 Å². The second-order valence-electron chi connectivity index (χ2n) is 3.14. The van der Waals surface area contributed by atoms with Crippen molar-refractivity contribution in [3.05, 3.63) is 40.3 Å². The van der Waals surface area contributed by atoms with Gasteiger partial charge >= 0.3 is 0 Å². The van der Waals surface area contributed by atoms with Crippen LogP contribution in [0.4, 0.5) is 0 Å². The lowest BCUT2D eigenvalue weighted by Gasteiger charge is -2.03. The van der Waals surface area contributed by atoms with Crippen LogP contribution in [0.5, 0.6) is 0 Å². The van der Waals surface area contributed by atoms with Crippen LogP contribution in [-0.2, 0) is 0 Å². The van der Waals surface area contributed by atoms with Crippen molar-refractivity contribution >= 4 is 44.1 Å². The maximum absolute atomic E-state index is 6.03. The molecular weight excluding hydrogens is 277 g/mol. The zero-order valence-electron chi connectivity index (χ0n) is 7.48. The SMILES string of the molecule is Clc1nc2cccc(Br)c2c2nccn12. The summed E-state index contributed by atoms with van der Waals surface area (Å²) in [6.45, 7) is 0. The Bertz CT molecular complexity index is 662. The average Bonchev–Trinajstić information content (AvgIpc) is 2.66. The molecule has 2 heterocycles. The molecule has 5 heteroatoms. The van der Waals surface area contributed by atoms with E-state index in [2.05, 4.69) is 25.9 Å². The van der Waals surface area contributed by atoms with E-state index in [1.165, 1.54) is 0 Å². The van der Waals surface area contributed by atoms with Gasteiger partial charge in [-0.1, -0.05) is 6.07 Å². The smallest absolute Gasteiger partial charge is 0.209 e. The molecule has 0 aliphatic carbocycles. The number of nitrogens with zero attached hydrogens (tertiary/aromatic N) is 3.